The van der Waals surface area contributed by atoms with Crippen molar-refractivity contribution in [3.63, 3.8) is 0 Å². The van der Waals surface area contributed by atoms with Crippen molar-refractivity contribution < 1.29 is 47.0 Å². The Bertz CT molecular complexity index is 1160. The highest BCUT2D eigenvalue weighted by Crippen LogP contribution is 2.67. The molecule has 1 fully saturated rings. The maximum absolute atomic E-state index is 12.1. The minimum absolute atomic E-state index is 0.0111. The van der Waals surface area contributed by atoms with Gasteiger partial charge >= 0.3 is 15.4 Å². The molecule has 3 unspecified atom stereocenters. The molecule has 3 heterocycles. The molecule has 3 rings (SSSR count). The van der Waals surface area contributed by atoms with Crippen LogP contribution in [0.4, 0.5) is 5.82 Å². The quantitative estimate of drug-likeness (QED) is 0.223. The van der Waals surface area contributed by atoms with Gasteiger partial charge in [-0.2, -0.15) is 9.97 Å². The highest BCUT2D eigenvalue weighted by Gasteiger charge is 2.45. The molecule has 1 aliphatic heterocycles. The molecule has 1 aliphatic rings. The van der Waals surface area contributed by atoms with Crippen molar-refractivity contribution in [1.82, 2.24) is 19.5 Å². The number of halogens is 1. The van der Waals surface area contributed by atoms with E-state index >= 15 is 0 Å². The zero-order chi connectivity index (χ0) is 24.1. The first kappa shape index (κ1) is 26.0. The second kappa shape index (κ2) is 9.23. The minimum atomic E-state index is -5.10. The third kappa shape index (κ3) is 6.10. The predicted octanol–water partition coefficient (Wildman–Crippen LogP) is 0.586. The molecule has 0 saturated carbocycles. The van der Waals surface area contributed by atoms with Crippen molar-refractivity contribution in [1.29, 1.82) is 0 Å². The van der Waals surface area contributed by atoms with Gasteiger partial charge in [0.15, 0.2) is 24.2 Å². The maximum atomic E-state index is 12.1. The van der Waals surface area contributed by atoms with Crippen LogP contribution < -0.4 is 5.73 Å². The van der Waals surface area contributed by atoms with E-state index in [9.17, 15) is 19.3 Å². The Morgan fingerprint density at radius 3 is 2.53 bits per heavy atom. The van der Waals surface area contributed by atoms with Crippen LogP contribution in [0.2, 0.25) is 5.28 Å². The van der Waals surface area contributed by atoms with E-state index in [-0.39, 0.29) is 22.3 Å². The monoisotopic (exact) mass is 553 g/mol. The molecule has 1 saturated heterocycles. The Morgan fingerprint density at radius 2 is 1.91 bits per heavy atom. The highest BCUT2D eigenvalue weighted by molar-refractivity contribution is 8.11. The van der Waals surface area contributed by atoms with E-state index in [0.29, 0.717) is 0 Å². The number of nitrogen functional groups attached to an aromatic ring is 1. The van der Waals surface area contributed by atoms with E-state index in [4.69, 9.17) is 52.5 Å². The molecule has 6 N–H and O–H groups in total. The van der Waals surface area contributed by atoms with Crippen LogP contribution in [-0.4, -0.2) is 77.8 Å². The fraction of sp³-hybridized carbons (Fsp3) is 0.583. The van der Waals surface area contributed by atoms with Crippen LogP contribution in [0.15, 0.2) is 6.33 Å². The Hall–Kier alpha value is -0.570. The summed E-state index contributed by atoms with van der Waals surface area (Å²) in [5.41, 5.74) is 6.12. The predicted molar refractivity (Wildman–Crippen MR) is 115 cm³/mol. The number of imidazole rings is 1. The van der Waals surface area contributed by atoms with E-state index in [0.717, 1.165) is 6.66 Å². The number of phosphoric acid groups is 1. The van der Waals surface area contributed by atoms with Gasteiger partial charge in [0.2, 0.25) is 5.28 Å². The molecule has 180 valence electrons. The first-order chi connectivity index (χ1) is 14.6. The lowest BCUT2D eigenvalue weighted by Crippen LogP contribution is -2.33. The number of rotatable bonds is 8. The molecule has 0 radical (unpaired) electrons. The van der Waals surface area contributed by atoms with Crippen LogP contribution in [-0.2, 0) is 38.8 Å². The summed E-state index contributed by atoms with van der Waals surface area (Å²) in [5, 5.41) is 20.7. The van der Waals surface area contributed by atoms with Crippen molar-refractivity contribution in [3.05, 3.63) is 11.6 Å². The minimum Gasteiger partial charge on any atom is -0.387 e. The number of aliphatic hydroxyl groups is 2. The van der Waals surface area contributed by atoms with Crippen LogP contribution in [0, 0.1) is 0 Å². The normalized spacial score (nSPS) is 28.0. The molecule has 32 heavy (non-hydrogen) atoms. The molecule has 0 amide bonds. The number of aromatic nitrogens is 4. The lowest BCUT2D eigenvalue weighted by Gasteiger charge is -2.24. The van der Waals surface area contributed by atoms with Gasteiger partial charge in [-0.15, -0.1) is 0 Å². The molecule has 0 spiro atoms. The first-order valence-corrected chi connectivity index (χ1v) is 15.5. The molecular weight excluding hydrogens is 535 g/mol. The fourth-order valence-electron chi connectivity index (χ4n) is 2.90. The van der Waals surface area contributed by atoms with Gasteiger partial charge in [0, 0.05) is 13.3 Å². The third-order valence-electron chi connectivity index (χ3n) is 4.06. The summed E-state index contributed by atoms with van der Waals surface area (Å²) >= 11 is 10.9. The zero-order valence-corrected chi connectivity index (χ0v) is 20.6. The van der Waals surface area contributed by atoms with Crippen molar-refractivity contribution in [2.45, 2.75) is 24.5 Å². The zero-order valence-electron chi connectivity index (χ0n) is 16.3. The van der Waals surface area contributed by atoms with E-state index < -0.39 is 53.1 Å². The number of aliphatic hydroxyl groups excluding tert-OH is 2. The summed E-state index contributed by atoms with van der Waals surface area (Å²) in [7, 11) is -9.36. The van der Waals surface area contributed by atoms with E-state index in [2.05, 4.69) is 19.3 Å². The highest BCUT2D eigenvalue weighted by atomic mass is 35.5. The molecule has 0 aliphatic carbocycles. The number of hydrogen-bond acceptors (Lipinski definition) is 13. The van der Waals surface area contributed by atoms with Gasteiger partial charge in [-0.3, -0.25) is 13.4 Å². The molecule has 6 atom stereocenters. The number of hydrogen-bond donors (Lipinski definition) is 5. The molecular formula is C12H19ClN5O10P3S. The van der Waals surface area contributed by atoms with Crippen molar-refractivity contribution in [3.8, 4) is 0 Å². The van der Waals surface area contributed by atoms with E-state index in [1.54, 1.807) is 0 Å². The molecule has 0 aromatic carbocycles. The summed E-state index contributed by atoms with van der Waals surface area (Å²) in [6.07, 6.45) is -3.88. The summed E-state index contributed by atoms with van der Waals surface area (Å²) in [6.45, 7) is -1.73. The Morgan fingerprint density at radius 1 is 1.25 bits per heavy atom. The fourth-order valence-corrected chi connectivity index (χ4v) is 9.04. The van der Waals surface area contributed by atoms with Gasteiger partial charge in [0.05, 0.1) is 12.9 Å². The van der Waals surface area contributed by atoms with Crippen molar-refractivity contribution >= 4 is 62.3 Å². The average Bonchev–Trinajstić information content (AvgIpc) is 3.12. The number of fused-ring (bicyclic) bond motifs is 1. The van der Waals surface area contributed by atoms with Crippen LogP contribution >= 0.6 is 33.5 Å². The topological polar surface area (TPSA) is 222 Å². The smallest absolute Gasteiger partial charge is 0.387 e. The Balaban J connectivity index is 1.72. The van der Waals surface area contributed by atoms with Gasteiger partial charge in [0.1, 0.15) is 23.8 Å². The molecule has 20 heteroatoms. The van der Waals surface area contributed by atoms with Crippen LogP contribution in [0.1, 0.15) is 6.23 Å². The standard InChI is InChI=1S/C12H19ClN5O10P3S/c1-29(21,28-31(22,23)24)27-30(2,32)25-3-5-7(19)8(20)11(26-5)18-4-15-6-9(14)16-12(13)17-10(6)18/h4-5,7-8,11,19-20H,3H2,1-2H3,(H2,14,16,17)(H2,22,23,24)/t5-,7?,8+,11-,29?,30?/m1/s1. The van der Waals surface area contributed by atoms with Crippen LogP contribution in [0.25, 0.3) is 11.2 Å². The van der Waals surface area contributed by atoms with Gasteiger partial charge in [-0.1, -0.05) is 0 Å². The summed E-state index contributed by atoms with van der Waals surface area (Å²) in [6, 6.07) is 0. The average molecular weight is 554 g/mol. The van der Waals surface area contributed by atoms with Crippen molar-refractivity contribution in [2.24, 2.45) is 0 Å². The van der Waals surface area contributed by atoms with Crippen LogP contribution in [0.3, 0.4) is 0 Å². The van der Waals surface area contributed by atoms with Crippen LogP contribution in [0.5, 0.6) is 0 Å². The number of nitrogens with zero attached hydrogens (tertiary/aromatic N) is 4. The molecule has 15 nitrogen and oxygen atoms in total. The second-order valence-corrected chi connectivity index (χ2v) is 14.7. The lowest BCUT2D eigenvalue weighted by molar-refractivity contribution is -0.0471. The van der Waals surface area contributed by atoms with E-state index in [1.165, 1.54) is 17.6 Å². The summed E-state index contributed by atoms with van der Waals surface area (Å²) < 4.78 is 44.5. The SMILES string of the molecule is CP(=O)(OP(=O)(O)O)OP(C)(=S)OC[C@H]1O[C@@H](n2cnc3c(N)nc(Cl)nc32)[C@@H](O)C1O. The second-order valence-electron chi connectivity index (χ2n) is 6.74. The first-order valence-electron chi connectivity index (χ1n) is 8.53. The molecule has 2 aromatic rings. The van der Waals surface area contributed by atoms with Gasteiger partial charge < -0.3 is 35.0 Å². The summed E-state index contributed by atoms with van der Waals surface area (Å²) in [4.78, 5) is 29.5. The molecule has 2 aromatic heterocycles. The number of ether oxygens (including phenoxy) is 1. The lowest BCUT2D eigenvalue weighted by atomic mass is 10.1. The Kier molecular flexibility index (Phi) is 7.51. The largest absolute Gasteiger partial charge is 0.476 e. The maximum Gasteiger partial charge on any atom is 0.476 e. The number of nitrogens with two attached hydrogens (primary N) is 1. The van der Waals surface area contributed by atoms with Crippen molar-refractivity contribution in [2.75, 3.05) is 25.7 Å². The number of anilines is 1. The summed E-state index contributed by atoms with van der Waals surface area (Å²) in [5.74, 6) is 0.0111. The van der Waals surface area contributed by atoms with Gasteiger partial charge in [-0.25, -0.2) is 13.9 Å². The third-order valence-corrected chi connectivity index (χ3v) is 10.2. The van der Waals surface area contributed by atoms with Gasteiger partial charge in [0.25, 0.3) is 0 Å². The Labute approximate surface area is 190 Å². The van der Waals surface area contributed by atoms with Gasteiger partial charge in [-0.05, 0) is 23.4 Å². The van der Waals surface area contributed by atoms with E-state index in [1.807, 2.05) is 0 Å². The molecule has 0 bridgehead atoms.